The van der Waals surface area contributed by atoms with E-state index in [1.807, 2.05) is 24.3 Å². The number of para-hydroxylation sites is 1. The molecule has 2 rings (SSSR count). The number of thiophene rings is 1. The Morgan fingerprint density at radius 2 is 2.05 bits per heavy atom. The smallest absolute Gasteiger partial charge is 0.261 e. The van der Waals surface area contributed by atoms with Gasteiger partial charge in [0.15, 0.2) is 0 Å². The van der Waals surface area contributed by atoms with Gasteiger partial charge in [-0.1, -0.05) is 29.8 Å². The van der Waals surface area contributed by atoms with E-state index in [-0.39, 0.29) is 12.0 Å². The van der Waals surface area contributed by atoms with E-state index in [4.69, 9.17) is 21.1 Å². The second-order valence-corrected chi connectivity index (χ2v) is 6.00. The van der Waals surface area contributed by atoms with Gasteiger partial charge in [-0.2, -0.15) is 0 Å². The molecule has 1 aromatic carbocycles. The van der Waals surface area contributed by atoms with Crippen LogP contribution in [0.2, 0.25) is 4.34 Å². The number of hydrogen-bond acceptors (Lipinski definition) is 4. The normalized spacial score (nSPS) is 12.0. The van der Waals surface area contributed by atoms with Crippen LogP contribution in [0.1, 0.15) is 21.3 Å². The zero-order valence-electron chi connectivity index (χ0n) is 11.8. The van der Waals surface area contributed by atoms with Crippen LogP contribution in [0.15, 0.2) is 36.4 Å². The maximum atomic E-state index is 12.0. The Hall–Kier alpha value is -1.56. The predicted molar refractivity (Wildman–Crippen MR) is 84.4 cm³/mol. The lowest BCUT2D eigenvalue weighted by Crippen LogP contribution is -2.28. The van der Waals surface area contributed by atoms with Crippen molar-refractivity contribution in [1.29, 1.82) is 0 Å². The van der Waals surface area contributed by atoms with Gasteiger partial charge in [0.25, 0.3) is 5.91 Å². The summed E-state index contributed by atoms with van der Waals surface area (Å²) in [4.78, 5) is 12.6. The van der Waals surface area contributed by atoms with E-state index < -0.39 is 0 Å². The molecule has 1 heterocycles. The van der Waals surface area contributed by atoms with Gasteiger partial charge >= 0.3 is 0 Å². The number of nitrogens with one attached hydrogen (secondary N) is 1. The standard InChI is InChI=1S/C15H16ClNO3S/c1-19-11-6-4-3-5-10(11)12(20-2)9-17-15(18)13-7-8-14(16)21-13/h3-8,12H,9H2,1-2H3,(H,17,18)/t12-/m1/s1. The number of methoxy groups -OCH3 is 2. The van der Waals surface area contributed by atoms with Crippen molar-refractivity contribution in [3.05, 3.63) is 51.2 Å². The SMILES string of the molecule is COc1ccccc1[C@@H](CNC(=O)c1ccc(Cl)s1)OC. The van der Waals surface area contributed by atoms with E-state index in [1.165, 1.54) is 11.3 Å². The van der Waals surface area contributed by atoms with E-state index in [9.17, 15) is 4.79 Å². The minimum atomic E-state index is -0.277. The average Bonchev–Trinajstić information content (AvgIpc) is 2.94. The third-order valence-corrected chi connectivity index (χ3v) is 4.25. The fourth-order valence-corrected chi connectivity index (χ4v) is 2.92. The van der Waals surface area contributed by atoms with Crippen LogP contribution in [0.4, 0.5) is 0 Å². The highest BCUT2D eigenvalue weighted by atomic mass is 35.5. The number of carbonyl (C=O) groups is 1. The first-order valence-electron chi connectivity index (χ1n) is 6.35. The number of hydrogen-bond donors (Lipinski definition) is 1. The molecule has 0 bridgehead atoms. The van der Waals surface area contributed by atoms with Crippen molar-refractivity contribution >= 4 is 28.8 Å². The molecule has 1 atom stereocenters. The first-order valence-corrected chi connectivity index (χ1v) is 7.54. The van der Waals surface area contributed by atoms with Crippen LogP contribution in [0, 0.1) is 0 Å². The van der Waals surface area contributed by atoms with Crippen molar-refractivity contribution in [3.63, 3.8) is 0 Å². The molecule has 0 unspecified atom stereocenters. The monoisotopic (exact) mass is 325 g/mol. The summed E-state index contributed by atoms with van der Waals surface area (Å²) in [5.41, 5.74) is 0.895. The Kier molecular flexibility index (Phi) is 5.61. The maximum Gasteiger partial charge on any atom is 0.261 e. The van der Waals surface area contributed by atoms with Gasteiger partial charge in [-0.3, -0.25) is 4.79 Å². The molecule has 0 saturated carbocycles. The molecule has 1 N–H and O–H groups in total. The zero-order valence-corrected chi connectivity index (χ0v) is 13.3. The molecule has 1 aromatic heterocycles. The van der Waals surface area contributed by atoms with Crippen LogP contribution in [0.25, 0.3) is 0 Å². The Morgan fingerprint density at radius 1 is 1.29 bits per heavy atom. The van der Waals surface area contributed by atoms with E-state index in [0.717, 1.165) is 11.3 Å². The van der Waals surface area contributed by atoms with Gasteiger partial charge in [0, 0.05) is 19.2 Å². The number of carbonyl (C=O) groups excluding carboxylic acids is 1. The van der Waals surface area contributed by atoms with Crippen LogP contribution < -0.4 is 10.1 Å². The van der Waals surface area contributed by atoms with Gasteiger partial charge < -0.3 is 14.8 Å². The summed E-state index contributed by atoms with van der Waals surface area (Å²) in [6.07, 6.45) is -0.277. The molecule has 0 radical (unpaired) electrons. The largest absolute Gasteiger partial charge is 0.496 e. The molecule has 21 heavy (non-hydrogen) atoms. The fourth-order valence-electron chi connectivity index (χ4n) is 1.96. The van der Waals surface area contributed by atoms with Gasteiger partial charge in [0.1, 0.15) is 11.9 Å². The summed E-state index contributed by atoms with van der Waals surface area (Å²) < 4.78 is 11.4. The van der Waals surface area contributed by atoms with Crippen LogP contribution in [-0.2, 0) is 4.74 Å². The molecule has 0 aliphatic rings. The summed E-state index contributed by atoms with van der Waals surface area (Å²) in [6.45, 7) is 0.352. The second kappa shape index (κ2) is 7.45. The van der Waals surface area contributed by atoms with Crippen molar-refractivity contribution in [2.45, 2.75) is 6.10 Å². The fraction of sp³-hybridized carbons (Fsp3) is 0.267. The Bertz CT molecular complexity index is 614. The molecule has 0 fully saturated rings. The average molecular weight is 326 g/mol. The van der Waals surface area contributed by atoms with Gasteiger partial charge in [0.2, 0.25) is 0 Å². The first kappa shape index (κ1) is 15.8. The molecular weight excluding hydrogens is 310 g/mol. The number of halogens is 1. The van der Waals surface area contributed by atoms with Crippen molar-refractivity contribution in [2.75, 3.05) is 20.8 Å². The lowest BCUT2D eigenvalue weighted by molar-refractivity contribution is 0.0822. The lowest BCUT2D eigenvalue weighted by atomic mass is 10.1. The van der Waals surface area contributed by atoms with E-state index in [2.05, 4.69) is 5.32 Å². The van der Waals surface area contributed by atoms with Crippen molar-refractivity contribution < 1.29 is 14.3 Å². The number of benzene rings is 1. The zero-order chi connectivity index (χ0) is 15.2. The molecule has 0 saturated heterocycles. The highest BCUT2D eigenvalue weighted by Gasteiger charge is 2.17. The molecule has 2 aromatic rings. The Labute approximate surface area is 132 Å². The van der Waals surface area contributed by atoms with Gasteiger partial charge in [0.05, 0.1) is 16.3 Å². The summed E-state index contributed by atoms with van der Waals surface area (Å²) in [7, 11) is 3.21. The van der Waals surface area contributed by atoms with Gasteiger partial charge in [-0.25, -0.2) is 0 Å². The number of amides is 1. The second-order valence-electron chi connectivity index (χ2n) is 4.28. The minimum Gasteiger partial charge on any atom is -0.496 e. The first-order chi connectivity index (χ1) is 10.2. The molecule has 1 amide bonds. The van der Waals surface area contributed by atoms with Crippen LogP contribution in [0.3, 0.4) is 0 Å². The molecule has 0 spiro atoms. The summed E-state index contributed by atoms with van der Waals surface area (Å²) >= 11 is 7.07. The summed E-state index contributed by atoms with van der Waals surface area (Å²) in [5.74, 6) is 0.571. The third kappa shape index (κ3) is 3.97. The molecule has 4 nitrogen and oxygen atoms in total. The highest BCUT2D eigenvalue weighted by Crippen LogP contribution is 2.27. The van der Waals surface area contributed by atoms with Crippen molar-refractivity contribution in [2.24, 2.45) is 0 Å². The van der Waals surface area contributed by atoms with E-state index in [1.54, 1.807) is 26.4 Å². The van der Waals surface area contributed by atoms with E-state index >= 15 is 0 Å². The maximum absolute atomic E-state index is 12.0. The van der Waals surface area contributed by atoms with Gasteiger partial charge in [-0.05, 0) is 18.2 Å². The molecule has 0 aliphatic heterocycles. The number of rotatable bonds is 6. The van der Waals surface area contributed by atoms with Crippen molar-refractivity contribution in [1.82, 2.24) is 5.32 Å². The Balaban J connectivity index is 2.04. The molecule has 0 aliphatic carbocycles. The molecule has 6 heteroatoms. The summed E-state index contributed by atoms with van der Waals surface area (Å²) in [6, 6.07) is 11.0. The highest BCUT2D eigenvalue weighted by molar-refractivity contribution is 7.17. The van der Waals surface area contributed by atoms with E-state index in [0.29, 0.717) is 15.8 Å². The van der Waals surface area contributed by atoms with Crippen LogP contribution in [0.5, 0.6) is 5.75 Å². The summed E-state index contributed by atoms with van der Waals surface area (Å²) in [5, 5.41) is 2.85. The Morgan fingerprint density at radius 3 is 2.67 bits per heavy atom. The topological polar surface area (TPSA) is 47.6 Å². The van der Waals surface area contributed by atoms with Gasteiger partial charge in [-0.15, -0.1) is 11.3 Å². The number of ether oxygens (including phenoxy) is 2. The van der Waals surface area contributed by atoms with Crippen molar-refractivity contribution in [3.8, 4) is 5.75 Å². The molecular formula is C15H16ClNO3S. The van der Waals surface area contributed by atoms with Crippen LogP contribution >= 0.6 is 22.9 Å². The third-order valence-electron chi connectivity index (χ3n) is 3.02. The predicted octanol–water partition coefficient (Wildman–Crippen LogP) is 3.53. The minimum absolute atomic E-state index is 0.163. The lowest BCUT2D eigenvalue weighted by Gasteiger charge is -2.18. The van der Waals surface area contributed by atoms with Crippen LogP contribution in [-0.4, -0.2) is 26.7 Å². The molecule has 112 valence electrons. The quantitative estimate of drug-likeness (QED) is 0.884.